The smallest absolute Gasteiger partial charge is 0.0351 e. The standard InChI is InChI=1S/C15H30/c1-3-5-7-9-11-13-15-14-12-10-8-6-4-2/h5,7H,3-4,6,8-15H2,1-2H3. The van der Waals surface area contributed by atoms with Crippen LogP contribution in [0.1, 0.15) is 84.5 Å². The van der Waals surface area contributed by atoms with Crippen molar-refractivity contribution in [1.82, 2.24) is 0 Å². The Labute approximate surface area is 97.2 Å². The van der Waals surface area contributed by atoms with Crippen LogP contribution in [0.25, 0.3) is 0 Å². The molecule has 0 amide bonds. The van der Waals surface area contributed by atoms with Crippen LogP contribution in [0.5, 0.6) is 0 Å². The predicted molar refractivity (Wildman–Crippen MR) is 71.3 cm³/mol. The minimum Gasteiger partial charge on any atom is -0.0888 e. The summed E-state index contributed by atoms with van der Waals surface area (Å²) >= 11 is 0. The molecule has 0 atom stereocenters. The van der Waals surface area contributed by atoms with Gasteiger partial charge in [-0.15, -0.1) is 0 Å². The number of allylic oxidation sites excluding steroid dienone is 2. The van der Waals surface area contributed by atoms with E-state index >= 15 is 0 Å². The van der Waals surface area contributed by atoms with E-state index in [0.717, 1.165) is 0 Å². The van der Waals surface area contributed by atoms with Gasteiger partial charge in [0.2, 0.25) is 0 Å². The first-order chi connectivity index (χ1) is 7.41. The fourth-order valence-electron chi connectivity index (χ4n) is 1.86. The molecule has 0 saturated carbocycles. The molecule has 0 rings (SSSR count). The molecule has 0 aliphatic carbocycles. The van der Waals surface area contributed by atoms with Crippen molar-refractivity contribution in [2.75, 3.05) is 0 Å². The molecule has 0 aliphatic rings. The lowest BCUT2D eigenvalue weighted by molar-refractivity contribution is 0.566. The van der Waals surface area contributed by atoms with Crippen LogP contribution < -0.4 is 0 Å². The number of unbranched alkanes of at least 4 members (excludes halogenated alkanes) is 9. The van der Waals surface area contributed by atoms with Crippen LogP contribution in [0.4, 0.5) is 0 Å². The monoisotopic (exact) mass is 210 g/mol. The maximum Gasteiger partial charge on any atom is -0.0351 e. The van der Waals surface area contributed by atoms with E-state index in [0.29, 0.717) is 0 Å². The molecule has 0 aromatic rings. The van der Waals surface area contributed by atoms with Gasteiger partial charge in [0.1, 0.15) is 0 Å². The Morgan fingerprint density at radius 3 is 1.67 bits per heavy atom. The van der Waals surface area contributed by atoms with E-state index in [4.69, 9.17) is 0 Å². The van der Waals surface area contributed by atoms with Gasteiger partial charge < -0.3 is 0 Å². The lowest BCUT2D eigenvalue weighted by Gasteiger charge is -2.00. The Balaban J connectivity index is 2.89. The molecule has 90 valence electrons. The first-order valence-corrected chi connectivity index (χ1v) is 7.06. The Kier molecular flexibility index (Phi) is 13.5. The minimum absolute atomic E-state index is 1.19. The number of hydrogen-bond donors (Lipinski definition) is 0. The molecule has 0 fully saturated rings. The van der Waals surface area contributed by atoms with E-state index < -0.39 is 0 Å². The molecule has 0 bridgehead atoms. The highest BCUT2D eigenvalue weighted by Crippen LogP contribution is 2.10. The van der Waals surface area contributed by atoms with E-state index in [1.54, 1.807) is 0 Å². The lowest BCUT2D eigenvalue weighted by Crippen LogP contribution is -1.80. The topological polar surface area (TPSA) is 0 Å². The van der Waals surface area contributed by atoms with Gasteiger partial charge in [-0.05, 0) is 19.3 Å². The van der Waals surface area contributed by atoms with E-state index in [9.17, 15) is 0 Å². The maximum atomic E-state index is 2.33. The summed E-state index contributed by atoms with van der Waals surface area (Å²) in [6.45, 7) is 4.48. The highest BCUT2D eigenvalue weighted by atomic mass is 14.0. The third-order valence-corrected chi connectivity index (χ3v) is 2.88. The molecular formula is C15H30. The molecule has 0 aromatic carbocycles. The normalized spacial score (nSPS) is 11.3. The molecule has 0 heterocycles. The molecule has 0 aliphatic heterocycles. The second-order valence-electron chi connectivity index (χ2n) is 4.50. The molecule has 15 heavy (non-hydrogen) atoms. The van der Waals surface area contributed by atoms with Gasteiger partial charge in [0.15, 0.2) is 0 Å². The van der Waals surface area contributed by atoms with Crippen LogP contribution in [0.2, 0.25) is 0 Å². The second kappa shape index (κ2) is 13.7. The Morgan fingerprint density at radius 1 is 0.600 bits per heavy atom. The van der Waals surface area contributed by atoms with Crippen LogP contribution >= 0.6 is 0 Å². The van der Waals surface area contributed by atoms with Crippen molar-refractivity contribution < 1.29 is 0 Å². The van der Waals surface area contributed by atoms with Gasteiger partial charge in [0.05, 0.1) is 0 Å². The van der Waals surface area contributed by atoms with Crippen LogP contribution in [0, 0.1) is 0 Å². The van der Waals surface area contributed by atoms with Crippen molar-refractivity contribution in [2.24, 2.45) is 0 Å². The zero-order valence-corrected chi connectivity index (χ0v) is 10.9. The van der Waals surface area contributed by atoms with Crippen molar-refractivity contribution in [3.8, 4) is 0 Å². The van der Waals surface area contributed by atoms with Crippen molar-refractivity contribution >= 4 is 0 Å². The van der Waals surface area contributed by atoms with Crippen LogP contribution in [0.3, 0.4) is 0 Å². The summed E-state index contributed by atoms with van der Waals surface area (Å²) < 4.78 is 0. The van der Waals surface area contributed by atoms with Gasteiger partial charge in [-0.2, -0.15) is 0 Å². The fourth-order valence-corrected chi connectivity index (χ4v) is 1.86. The zero-order chi connectivity index (χ0) is 11.2. The predicted octanol–water partition coefficient (Wildman–Crippen LogP) is 5.87. The Morgan fingerprint density at radius 2 is 1.13 bits per heavy atom. The highest BCUT2D eigenvalue weighted by molar-refractivity contribution is 4.79. The van der Waals surface area contributed by atoms with E-state index in [-0.39, 0.29) is 0 Å². The summed E-state index contributed by atoms with van der Waals surface area (Å²) in [7, 11) is 0. The molecule has 0 unspecified atom stereocenters. The first kappa shape index (κ1) is 14.7. The number of hydrogen-bond acceptors (Lipinski definition) is 0. The third-order valence-electron chi connectivity index (χ3n) is 2.88. The summed E-state index contributed by atoms with van der Waals surface area (Å²) in [5, 5.41) is 0. The van der Waals surface area contributed by atoms with Crippen LogP contribution in [-0.4, -0.2) is 0 Å². The molecule has 0 heteroatoms. The maximum absolute atomic E-state index is 2.33. The van der Waals surface area contributed by atoms with Gasteiger partial charge in [0.25, 0.3) is 0 Å². The van der Waals surface area contributed by atoms with Crippen molar-refractivity contribution in [2.45, 2.75) is 84.5 Å². The van der Waals surface area contributed by atoms with E-state index in [1.807, 2.05) is 0 Å². The summed E-state index contributed by atoms with van der Waals surface area (Å²) in [6.07, 6.45) is 20.0. The zero-order valence-electron chi connectivity index (χ0n) is 10.9. The lowest BCUT2D eigenvalue weighted by atomic mass is 10.1. The van der Waals surface area contributed by atoms with Crippen LogP contribution in [0.15, 0.2) is 12.2 Å². The van der Waals surface area contributed by atoms with Crippen LogP contribution in [-0.2, 0) is 0 Å². The van der Waals surface area contributed by atoms with Gasteiger partial charge >= 0.3 is 0 Å². The van der Waals surface area contributed by atoms with Crippen molar-refractivity contribution in [3.05, 3.63) is 12.2 Å². The highest BCUT2D eigenvalue weighted by Gasteiger charge is 1.90. The minimum atomic E-state index is 1.19. The fraction of sp³-hybridized carbons (Fsp3) is 0.867. The van der Waals surface area contributed by atoms with Crippen molar-refractivity contribution in [1.29, 1.82) is 0 Å². The molecular weight excluding hydrogens is 180 g/mol. The molecule has 0 spiro atoms. The quantitative estimate of drug-likeness (QED) is 0.295. The molecule has 0 nitrogen and oxygen atoms in total. The van der Waals surface area contributed by atoms with Gasteiger partial charge in [0, 0.05) is 0 Å². The molecule has 0 saturated heterocycles. The summed E-state index contributed by atoms with van der Waals surface area (Å²) in [5.41, 5.74) is 0. The van der Waals surface area contributed by atoms with E-state index in [1.165, 1.54) is 70.6 Å². The van der Waals surface area contributed by atoms with E-state index in [2.05, 4.69) is 26.0 Å². The molecule has 0 aromatic heterocycles. The largest absolute Gasteiger partial charge is 0.0888 e. The summed E-state index contributed by atoms with van der Waals surface area (Å²) in [6, 6.07) is 0. The number of rotatable bonds is 11. The first-order valence-electron chi connectivity index (χ1n) is 7.06. The van der Waals surface area contributed by atoms with Gasteiger partial charge in [-0.25, -0.2) is 0 Å². The second-order valence-corrected chi connectivity index (χ2v) is 4.50. The SMILES string of the molecule is CCC=CCCCCCCCCCCC. The summed E-state index contributed by atoms with van der Waals surface area (Å²) in [5.74, 6) is 0. The van der Waals surface area contributed by atoms with Crippen molar-refractivity contribution in [3.63, 3.8) is 0 Å². The van der Waals surface area contributed by atoms with Gasteiger partial charge in [-0.3, -0.25) is 0 Å². The third kappa shape index (κ3) is 13.7. The molecule has 0 radical (unpaired) electrons. The average Bonchev–Trinajstić information content (AvgIpc) is 2.26. The van der Waals surface area contributed by atoms with Gasteiger partial charge in [-0.1, -0.05) is 77.4 Å². The summed E-state index contributed by atoms with van der Waals surface area (Å²) in [4.78, 5) is 0. The average molecular weight is 210 g/mol. The molecule has 0 N–H and O–H groups in total. The Hall–Kier alpha value is -0.260. The Bertz CT molecular complexity index is 124.